The maximum atomic E-state index is 4.47. The third-order valence-corrected chi connectivity index (χ3v) is 6.57. The van der Waals surface area contributed by atoms with Crippen LogP contribution in [-0.2, 0) is 0 Å². The van der Waals surface area contributed by atoms with Gasteiger partial charge in [-0.25, -0.2) is 9.97 Å². The Bertz CT molecular complexity index is 1090. The molecule has 1 saturated heterocycles. The average molecular weight is 378 g/mol. The summed E-state index contributed by atoms with van der Waals surface area (Å²) in [7, 11) is 0. The summed E-state index contributed by atoms with van der Waals surface area (Å²) in [4.78, 5) is 13.9. The molecule has 3 aromatic heterocycles. The summed E-state index contributed by atoms with van der Waals surface area (Å²) in [6, 6.07) is 11.5. The van der Waals surface area contributed by atoms with Crippen molar-refractivity contribution in [2.24, 2.45) is 0 Å². The summed E-state index contributed by atoms with van der Waals surface area (Å²) < 4.78 is 3.44. The van der Waals surface area contributed by atoms with E-state index in [4.69, 9.17) is 0 Å². The lowest BCUT2D eigenvalue weighted by molar-refractivity contribution is 0.198. The fraction of sp³-hybridized carbons (Fsp3) is 0.333. The molecule has 0 saturated carbocycles. The third-order valence-electron chi connectivity index (χ3n) is 5.76. The molecule has 0 aliphatic carbocycles. The number of aromatic nitrogens is 3. The molecule has 5 nitrogen and oxygen atoms in total. The second-order valence-corrected chi connectivity index (χ2v) is 8.15. The molecule has 0 N–H and O–H groups in total. The van der Waals surface area contributed by atoms with Crippen LogP contribution < -0.4 is 4.90 Å². The zero-order chi connectivity index (χ0) is 18.4. The maximum absolute atomic E-state index is 4.47. The highest BCUT2D eigenvalue weighted by molar-refractivity contribution is 7.16. The van der Waals surface area contributed by atoms with Crippen molar-refractivity contribution in [1.82, 2.24) is 19.3 Å². The van der Waals surface area contributed by atoms with Crippen LogP contribution >= 0.6 is 11.3 Å². The van der Waals surface area contributed by atoms with Crippen molar-refractivity contribution < 1.29 is 0 Å². The van der Waals surface area contributed by atoms with E-state index in [9.17, 15) is 0 Å². The highest BCUT2D eigenvalue weighted by Crippen LogP contribution is 2.27. The largest absolute Gasteiger partial charge is 0.368 e. The molecule has 0 spiro atoms. The van der Waals surface area contributed by atoms with Gasteiger partial charge in [0.2, 0.25) is 0 Å². The van der Waals surface area contributed by atoms with Gasteiger partial charge in [-0.15, -0.1) is 11.3 Å². The summed E-state index contributed by atoms with van der Waals surface area (Å²) in [5.74, 6) is 1.04. The van der Waals surface area contributed by atoms with Crippen molar-refractivity contribution in [3.05, 3.63) is 59.6 Å². The average Bonchev–Trinajstić information content (AvgIpc) is 3.33. The fourth-order valence-electron chi connectivity index (χ4n) is 4.01. The molecule has 0 radical (unpaired) electrons. The molecule has 1 atom stereocenters. The highest BCUT2D eigenvalue weighted by atomic mass is 32.1. The first kappa shape index (κ1) is 16.7. The van der Waals surface area contributed by atoms with E-state index in [1.165, 1.54) is 16.0 Å². The molecule has 0 bridgehead atoms. The van der Waals surface area contributed by atoms with Gasteiger partial charge in [-0.2, -0.15) is 0 Å². The number of pyridine rings is 1. The van der Waals surface area contributed by atoms with Crippen molar-refractivity contribution in [2.75, 3.05) is 31.1 Å². The molecule has 138 valence electrons. The van der Waals surface area contributed by atoms with Crippen LogP contribution in [0, 0.1) is 6.92 Å². The SMILES string of the molecule is Cc1ncc2ccc(N3CCN([C@@H](C)c4ccc5scnc5c4)CC3)cn12. The van der Waals surface area contributed by atoms with E-state index < -0.39 is 0 Å². The van der Waals surface area contributed by atoms with Crippen molar-refractivity contribution >= 4 is 32.8 Å². The summed E-state index contributed by atoms with van der Waals surface area (Å²) in [6.07, 6.45) is 4.14. The number of anilines is 1. The number of hydrogen-bond donors (Lipinski definition) is 0. The van der Waals surface area contributed by atoms with Crippen LogP contribution in [0.15, 0.2) is 48.2 Å². The number of hydrogen-bond acceptors (Lipinski definition) is 5. The van der Waals surface area contributed by atoms with E-state index in [0.29, 0.717) is 6.04 Å². The van der Waals surface area contributed by atoms with E-state index in [0.717, 1.165) is 43.0 Å². The van der Waals surface area contributed by atoms with Crippen molar-refractivity contribution in [2.45, 2.75) is 19.9 Å². The Morgan fingerprint density at radius 3 is 2.74 bits per heavy atom. The van der Waals surface area contributed by atoms with Gasteiger partial charge < -0.3 is 9.30 Å². The number of imidazole rings is 1. The van der Waals surface area contributed by atoms with Crippen LogP contribution in [0.1, 0.15) is 24.4 Å². The quantitative estimate of drug-likeness (QED) is 0.538. The fourth-order valence-corrected chi connectivity index (χ4v) is 4.67. The van der Waals surface area contributed by atoms with Gasteiger partial charge in [-0.3, -0.25) is 4.90 Å². The molecule has 0 amide bonds. The highest BCUT2D eigenvalue weighted by Gasteiger charge is 2.23. The van der Waals surface area contributed by atoms with Gasteiger partial charge in [-0.05, 0) is 43.7 Å². The zero-order valence-corrected chi connectivity index (χ0v) is 16.5. The van der Waals surface area contributed by atoms with Crippen LogP contribution in [-0.4, -0.2) is 45.4 Å². The molecule has 27 heavy (non-hydrogen) atoms. The number of nitrogens with zero attached hydrogens (tertiary/aromatic N) is 5. The van der Waals surface area contributed by atoms with Gasteiger partial charge in [0.05, 0.1) is 33.1 Å². The van der Waals surface area contributed by atoms with E-state index in [-0.39, 0.29) is 0 Å². The Hall–Kier alpha value is -2.44. The number of benzene rings is 1. The molecule has 1 aliphatic rings. The number of fused-ring (bicyclic) bond motifs is 2. The standard InChI is InChI=1S/C21H23N5S/c1-15(17-3-6-21-20(11-17)23-14-27-21)24-7-9-25(10-8-24)19-5-4-18-12-22-16(2)26(18)13-19/h3-6,11-15H,7-10H2,1-2H3/t15-/m0/s1. The first-order valence-electron chi connectivity index (χ1n) is 9.45. The summed E-state index contributed by atoms with van der Waals surface area (Å²) in [5.41, 5.74) is 6.83. The van der Waals surface area contributed by atoms with Gasteiger partial charge in [0.15, 0.2) is 0 Å². The number of piperazine rings is 1. The predicted octanol–water partition coefficient (Wildman–Crippen LogP) is 4.14. The lowest BCUT2D eigenvalue weighted by Crippen LogP contribution is -2.47. The molecule has 1 fully saturated rings. The van der Waals surface area contributed by atoms with Crippen LogP contribution in [0.4, 0.5) is 5.69 Å². The Balaban J connectivity index is 1.30. The molecular formula is C21H23N5S. The summed E-state index contributed by atoms with van der Waals surface area (Å²) in [6.45, 7) is 8.58. The van der Waals surface area contributed by atoms with Gasteiger partial charge in [0.1, 0.15) is 5.82 Å². The van der Waals surface area contributed by atoms with Gasteiger partial charge >= 0.3 is 0 Å². The Kier molecular flexibility index (Phi) is 4.10. The molecule has 0 unspecified atom stereocenters. The zero-order valence-electron chi connectivity index (χ0n) is 15.7. The van der Waals surface area contributed by atoms with Crippen LogP contribution in [0.5, 0.6) is 0 Å². The van der Waals surface area contributed by atoms with E-state index in [1.807, 2.05) is 11.7 Å². The second kappa shape index (κ2) is 6.62. The number of rotatable bonds is 3. The molecule has 4 heterocycles. The molecular weight excluding hydrogens is 354 g/mol. The molecule has 5 rings (SSSR count). The number of aryl methyl sites for hydroxylation is 1. The van der Waals surface area contributed by atoms with Crippen LogP contribution in [0.3, 0.4) is 0 Å². The number of thiazole rings is 1. The molecule has 4 aromatic rings. The first-order valence-corrected chi connectivity index (χ1v) is 10.3. The van der Waals surface area contributed by atoms with Crippen LogP contribution in [0.25, 0.3) is 15.7 Å². The minimum atomic E-state index is 0.414. The smallest absolute Gasteiger partial charge is 0.110 e. The van der Waals surface area contributed by atoms with Gasteiger partial charge in [0.25, 0.3) is 0 Å². The Morgan fingerprint density at radius 2 is 1.89 bits per heavy atom. The van der Waals surface area contributed by atoms with Crippen molar-refractivity contribution in [3.63, 3.8) is 0 Å². The molecule has 1 aromatic carbocycles. The molecule has 1 aliphatic heterocycles. The van der Waals surface area contributed by atoms with E-state index in [2.05, 4.69) is 74.5 Å². The Morgan fingerprint density at radius 1 is 1.04 bits per heavy atom. The second-order valence-electron chi connectivity index (χ2n) is 7.27. The minimum absolute atomic E-state index is 0.414. The predicted molar refractivity (Wildman–Crippen MR) is 112 cm³/mol. The monoisotopic (exact) mass is 377 g/mol. The normalized spacial score (nSPS) is 17.0. The van der Waals surface area contributed by atoms with Crippen molar-refractivity contribution in [3.8, 4) is 0 Å². The lowest BCUT2D eigenvalue weighted by Gasteiger charge is -2.39. The summed E-state index contributed by atoms with van der Waals surface area (Å²) >= 11 is 1.71. The third kappa shape index (κ3) is 2.99. The minimum Gasteiger partial charge on any atom is -0.368 e. The van der Waals surface area contributed by atoms with Gasteiger partial charge in [0, 0.05) is 38.4 Å². The lowest BCUT2D eigenvalue weighted by atomic mass is 10.1. The molecule has 6 heteroatoms. The first-order chi connectivity index (χ1) is 13.2. The van der Waals surface area contributed by atoms with Gasteiger partial charge in [-0.1, -0.05) is 6.07 Å². The van der Waals surface area contributed by atoms with E-state index in [1.54, 1.807) is 11.3 Å². The Labute approximate surface area is 162 Å². The van der Waals surface area contributed by atoms with Crippen LogP contribution in [0.2, 0.25) is 0 Å². The maximum Gasteiger partial charge on any atom is 0.110 e. The van der Waals surface area contributed by atoms with Crippen molar-refractivity contribution in [1.29, 1.82) is 0 Å². The topological polar surface area (TPSA) is 36.7 Å². The van der Waals surface area contributed by atoms with E-state index >= 15 is 0 Å². The summed E-state index contributed by atoms with van der Waals surface area (Å²) in [5, 5.41) is 0.